The molecule has 20 heavy (non-hydrogen) atoms. The summed E-state index contributed by atoms with van der Waals surface area (Å²) in [7, 11) is 0. The minimum atomic E-state index is -0.0503. The Hall–Kier alpha value is -1.49. The van der Waals surface area contributed by atoms with Crippen molar-refractivity contribution in [1.82, 2.24) is 5.32 Å². The zero-order chi connectivity index (χ0) is 14.8. The van der Waals surface area contributed by atoms with Gasteiger partial charge in [-0.1, -0.05) is 24.6 Å². The Bertz CT molecular complexity index is 449. The molecule has 5 heteroatoms. The second-order valence-corrected chi connectivity index (χ2v) is 5.00. The Morgan fingerprint density at radius 3 is 2.55 bits per heavy atom. The molecule has 0 bridgehead atoms. The number of hydrogen-bond donors (Lipinski definition) is 3. The maximum Gasteiger partial charge on any atom is 0.229 e. The van der Waals surface area contributed by atoms with Gasteiger partial charge in [0.15, 0.2) is 0 Å². The molecule has 0 radical (unpaired) electrons. The van der Waals surface area contributed by atoms with Gasteiger partial charge < -0.3 is 10.6 Å². The molecule has 0 saturated heterocycles. The van der Waals surface area contributed by atoms with Crippen LogP contribution in [0.2, 0.25) is 0 Å². The molecule has 4 nitrogen and oxygen atoms in total. The van der Waals surface area contributed by atoms with Crippen LogP contribution < -0.4 is 10.6 Å². The van der Waals surface area contributed by atoms with E-state index < -0.39 is 0 Å². The average molecular weight is 294 g/mol. The van der Waals surface area contributed by atoms with Gasteiger partial charge in [0.1, 0.15) is 0 Å². The molecule has 1 aromatic carbocycles. The van der Waals surface area contributed by atoms with Gasteiger partial charge in [0.2, 0.25) is 11.8 Å². The molecule has 0 fully saturated rings. The first-order chi connectivity index (χ1) is 9.63. The number of hydrogen-bond acceptors (Lipinski definition) is 3. The summed E-state index contributed by atoms with van der Waals surface area (Å²) in [6, 6.07) is 7.73. The van der Waals surface area contributed by atoms with Crippen LogP contribution in [0.15, 0.2) is 24.3 Å². The Balaban J connectivity index is 2.12. The number of para-hydroxylation sites is 1. The van der Waals surface area contributed by atoms with Crippen molar-refractivity contribution in [3.05, 3.63) is 29.8 Å². The molecular weight excluding hydrogens is 272 g/mol. The van der Waals surface area contributed by atoms with Crippen LogP contribution in [0.3, 0.4) is 0 Å². The van der Waals surface area contributed by atoms with Crippen LogP contribution >= 0.6 is 12.6 Å². The van der Waals surface area contributed by atoms with Crippen molar-refractivity contribution >= 4 is 30.1 Å². The number of aryl methyl sites for hydroxylation is 1. The molecule has 0 spiro atoms. The van der Waals surface area contributed by atoms with E-state index in [4.69, 9.17) is 0 Å². The highest BCUT2D eigenvalue weighted by molar-refractivity contribution is 7.81. The van der Waals surface area contributed by atoms with Crippen molar-refractivity contribution in [2.45, 2.75) is 32.6 Å². The predicted molar refractivity (Wildman–Crippen MR) is 85.1 cm³/mol. The highest BCUT2D eigenvalue weighted by atomic mass is 32.1. The number of benzene rings is 1. The molecular formula is C15H22N2O2S. The summed E-state index contributed by atoms with van der Waals surface area (Å²) in [6.45, 7) is 2.62. The second-order valence-electron chi connectivity index (χ2n) is 4.68. The van der Waals surface area contributed by atoms with Crippen LogP contribution in [0.1, 0.15) is 31.2 Å². The van der Waals surface area contributed by atoms with Crippen molar-refractivity contribution in [2.75, 3.05) is 17.6 Å². The van der Waals surface area contributed by atoms with Gasteiger partial charge in [0.05, 0.1) is 5.75 Å². The van der Waals surface area contributed by atoms with Gasteiger partial charge >= 0.3 is 0 Å². The lowest BCUT2D eigenvalue weighted by Crippen LogP contribution is -2.25. The van der Waals surface area contributed by atoms with E-state index in [0.29, 0.717) is 13.0 Å². The molecule has 1 rings (SSSR count). The summed E-state index contributed by atoms with van der Waals surface area (Å²) >= 11 is 3.88. The number of unbranched alkanes of at least 4 members (excludes halogenated alkanes) is 2. The number of rotatable bonds is 8. The van der Waals surface area contributed by atoms with Crippen molar-refractivity contribution < 1.29 is 9.59 Å². The summed E-state index contributed by atoms with van der Waals surface area (Å²) in [4.78, 5) is 22.7. The van der Waals surface area contributed by atoms with Crippen molar-refractivity contribution in [3.8, 4) is 0 Å². The fourth-order valence-corrected chi connectivity index (χ4v) is 1.91. The topological polar surface area (TPSA) is 58.2 Å². The van der Waals surface area contributed by atoms with Gasteiger partial charge in [-0.15, -0.1) is 0 Å². The number of thiol groups is 1. The Morgan fingerprint density at radius 2 is 1.85 bits per heavy atom. The van der Waals surface area contributed by atoms with Crippen LogP contribution in [0.5, 0.6) is 0 Å². The normalized spacial score (nSPS) is 10.1. The van der Waals surface area contributed by atoms with Crippen molar-refractivity contribution in [3.63, 3.8) is 0 Å². The number of anilines is 1. The molecule has 0 unspecified atom stereocenters. The molecule has 1 aromatic rings. The Kier molecular flexibility index (Phi) is 7.80. The standard InChI is InChI=1S/C15H22N2O2S/c1-12-7-4-5-8-13(12)17-14(18)9-3-2-6-10-16-15(19)11-20/h4-5,7-8,20H,2-3,6,9-11H2,1H3,(H,16,19)(H,17,18). The smallest absolute Gasteiger partial charge is 0.229 e. The van der Waals surface area contributed by atoms with Gasteiger partial charge in [-0.25, -0.2) is 0 Å². The lowest BCUT2D eigenvalue weighted by molar-refractivity contribution is -0.118. The molecule has 0 heterocycles. The molecule has 0 aliphatic heterocycles. The lowest BCUT2D eigenvalue weighted by atomic mass is 10.1. The zero-order valence-electron chi connectivity index (χ0n) is 11.8. The van der Waals surface area contributed by atoms with Crippen LogP contribution in [0.25, 0.3) is 0 Å². The summed E-state index contributed by atoms with van der Waals surface area (Å²) in [5.41, 5.74) is 1.94. The van der Waals surface area contributed by atoms with E-state index in [1.54, 1.807) is 0 Å². The van der Waals surface area contributed by atoms with E-state index in [1.165, 1.54) is 0 Å². The lowest BCUT2D eigenvalue weighted by Gasteiger charge is -2.08. The number of carbonyl (C=O) groups is 2. The maximum absolute atomic E-state index is 11.8. The third-order valence-electron chi connectivity index (χ3n) is 2.97. The average Bonchev–Trinajstić information content (AvgIpc) is 2.44. The monoisotopic (exact) mass is 294 g/mol. The maximum atomic E-state index is 11.8. The number of nitrogens with one attached hydrogen (secondary N) is 2. The quantitative estimate of drug-likeness (QED) is 0.510. The highest BCUT2D eigenvalue weighted by Crippen LogP contribution is 2.13. The third-order valence-corrected chi connectivity index (χ3v) is 3.25. The minimum Gasteiger partial charge on any atom is -0.355 e. The summed E-state index contributed by atoms with van der Waals surface area (Å²) in [5, 5.41) is 5.66. The SMILES string of the molecule is Cc1ccccc1NC(=O)CCCCCNC(=O)CS. The number of carbonyl (C=O) groups excluding carboxylic acids is 2. The first-order valence-electron chi connectivity index (χ1n) is 6.86. The molecule has 0 atom stereocenters. The Labute approximate surface area is 125 Å². The van der Waals surface area contributed by atoms with E-state index in [2.05, 4.69) is 23.3 Å². The van der Waals surface area contributed by atoms with E-state index in [1.807, 2.05) is 31.2 Å². The van der Waals surface area contributed by atoms with Crippen LogP contribution in [-0.4, -0.2) is 24.1 Å². The van der Waals surface area contributed by atoms with Gasteiger partial charge in [0, 0.05) is 18.7 Å². The second kappa shape index (κ2) is 9.42. The van der Waals surface area contributed by atoms with Gasteiger partial charge in [-0.3, -0.25) is 9.59 Å². The van der Waals surface area contributed by atoms with E-state index in [9.17, 15) is 9.59 Å². The minimum absolute atomic E-state index is 0.0405. The predicted octanol–water partition coefficient (Wildman–Crippen LogP) is 2.54. The fraction of sp³-hybridized carbons (Fsp3) is 0.467. The summed E-state index contributed by atoms with van der Waals surface area (Å²) in [6.07, 6.45) is 3.15. The van der Waals surface area contributed by atoms with Crippen molar-refractivity contribution in [2.24, 2.45) is 0 Å². The largest absolute Gasteiger partial charge is 0.355 e. The highest BCUT2D eigenvalue weighted by Gasteiger charge is 2.04. The van der Waals surface area contributed by atoms with Gasteiger partial charge in [0.25, 0.3) is 0 Å². The van der Waals surface area contributed by atoms with E-state index in [0.717, 1.165) is 30.5 Å². The third kappa shape index (κ3) is 6.61. The summed E-state index contributed by atoms with van der Waals surface area (Å²) in [5.74, 6) is 0.211. The molecule has 2 N–H and O–H groups in total. The van der Waals surface area contributed by atoms with Gasteiger partial charge in [-0.05, 0) is 31.4 Å². The molecule has 0 aliphatic rings. The molecule has 2 amide bonds. The van der Waals surface area contributed by atoms with Crippen LogP contribution in [0, 0.1) is 6.92 Å². The van der Waals surface area contributed by atoms with Crippen molar-refractivity contribution in [1.29, 1.82) is 0 Å². The number of amides is 2. The molecule has 110 valence electrons. The van der Waals surface area contributed by atoms with Gasteiger partial charge in [-0.2, -0.15) is 12.6 Å². The van der Waals surface area contributed by atoms with Crippen LogP contribution in [-0.2, 0) is 9.59 Å². The summed E-state index contributed by atoms with van der Waals surface area (Å²) < 4.78 is 0. The zero-order valence-corrected chi connectivity index (χ0v) is 12.7. The molecule has 0 aliphatic carbocycles. The first-order valence-corrected chi connectivity index (χ1v) is 7.49. The first kappa shape index (κ1) is 16.6. The molecule has 0 aromatic heterocycles. The Morgan fingerprint density at radius 1 is 1.10 bits per heavy atom. The van der Waals surface area contributed by atoms with Crippen LogP contribution in [0.4, 0.5) is 5.69 Å². The molecule has 0 saturated carbocycles. The van der Waals surface area contributed by atoms with E-state index in [-0.39, 0.29) is 17.6 Å². The van der Waals surface area contributed by atoms with E-state index >= 15 is 0 Å². The fourth-order valence-electron chi connectivity index (χ4n) is 1.80.